The Hall–Kier alpha value is -2.86. The molecule has 4 rings (SSSR count). The SMILES string of the molecule is COC(=O)c1ccc(-c2ccc3c(c2)COC2(CCN(C(C)=O)CC2)O3)cc1. The van der Waals surface area contributed by atoms with Gasteiger partial charge in [-0.25, -0.2) is 4.79 Å². The fourth-order valence-electron chi connectivity index (χ4n) is 3.74. The maximum absolute atomic E-state index is 11.6. The number of carbonyl (C=O) groups excluding carboxylic acids is 2. The Balaban J connectivity index is 1.50. The molecule has 2 heterocycles. The predicted molar refractivity (Wildman–Crippen MR) is 103 cm³/mol. The van der Waals surface area contributed by atoms with Gasteiger partial charge in [0, 0.05) is 38.4 Å². The van der Waals surface area contributed by atoms with Crippen molar-refractivity contribution in [3.05, 3.63) is 53.6 Å². The normalized spacial score (nSPS) is 17.6. The molecule has 1 fully saturated rings. The Labute approximate surface area is 164 Å². The van der Waals surface area contributed by atoms with E-state index in [0.29, 0.717) is 38.1 Å². The smallest absolute Gasteiger partial charge is 0.337 e. The van der Waals surface area contributed by atoms with Crippen LogP contribution in [0.4, 0.5) is 0 Å². The Morgan fingerprint density at radius 1 is 1.04 bits per heavy atom. The molecule has 0 N–H and O–H groups in total. The number of esters is 1. The highest BCUT2D eigenvalue weighted by Gasteiger charge is 2.41. The second-order valence-electron chi connectivity index (χ2n) is 7.20. The van der Waals surface area contributed by atoms with Crippen molar-refractivity contribution in [2.45, 2.75) is 32.2 Å². The lowest BCUT2D eigenvalue weighted by molar-refractivity contribution is -0.227. The number of rotatable bonds is 2. The van der Waals surface area contributed by atoms with Crippen LogP contribution in [0.25, 0.3) is 11.1 Å². The van der Waals surface area contributed by atoms with E-state index >= 15 is 0 Å². The number of likely N-dealkylation sites (tertiary alicyclic amines) is 1. The van der Waals surface area contributed by atoms with Gasteiger partial charge in [0.25, 0.3) is 0 Å². The first-order valence-electron chi connectivity index (χ1n) is 9.40. The van der Waals surface area contributed by atoms with Crippen molar-refractivity contribution in [3.8, 4) is 16.9 Å². The van der Waals surface area contributed by atoms with Crippen LogP contribution < -0.4 is 4.74 Å². The molecule has 146 valence electrons. The van der Waals surface area contributed by atoms with E-state index in [9.17, 15) is 9.59 Å². The van der Waals surface area contributed by atoms with Gasteiger partial charge in [0.1, 0.15) is 5.75 Å². The highest BCUT2D eigenvalue weighted by molar-refractivity contribution is 5.90. The Morgan fingerprint density at radius 2 is 1.71 bits per heavy atom. The number of hydrogen-bond donors (Lipinski definition) is 0. The van der Waals surface area contributed by atoms with Crippen molar-refractivity contribution in [3.63, 3.8) is 0 Å². The van der Waals surface area contributed by atoms with Crippen molar-refractivity contribution in [2.24, 2.45) is 0 Å². The first-order chi connectivity index (χ1) is 13.5. The van der Waals surface area contributed by atoms with Gasteiger partial charge in [-0.15, -0.1) is 0 Å². The van der Waals surface area contributed by atoms with Gasteiger partial charge in [-0.2, -0.15) is 0 Å². The molecule has 0 aliphatic carbocycles. The lowest BCUT2D eigenvalue weighted by Gasteiger charge is -2.43. The highest BCUT2D eigenvalue weighted by atomic mass is 16.7. The highest BCUT2D eigenvalue weighted by Crippen LogP contribution is 2.39. The average Bonchev–Trinajstić information content (AvgIpc) is 2.73. The van der Waals surface area contributed by atoms with Gasteiger partial charge >= 0.3 is 5.97 Å². The lowest BCUT2D eigenvalue weighted by Crippen LogP contribution is -2.52. The third-order valence-electron chi connectivity index (χ3n) is 5.46. The summed E-state index contributed by atoms with van der Waals surface area (Å²) >= 11 is 0. The molecule has 2 aliphatic rings. The first-order valence-corrected chi connectivity index (χ1v) is 9.40. The van der Waals surface area contributed by atoms with Crippen LogP contribution in [0, 0.1) is 0 Å². The van der Waals surface area contributed by atoms with Crippen molar-refractivity contribution in [1.82, 2.24) is 4.90 Å². The molecule has 6 nitrogen and oxygen atoms in total. The number of piperidine rings is 1. The summed E-state index contributed by atoms with van der Waals surface area (Å²) in [7, 11) is 1.37. The third-order valence-corrected chi connectivity index (χ3v) is 5.46. The number of carbonyl (C=O) groups is 2. The van der Waals surface area contributed by atoms with E-state index in [1.54, 1.807) is 19.1 Å². The number of ether oxygens (including phenoxy) is 3. The first kappa shape index (κ1) is 18.5. The second kappa shape index (κ2) is 7.28. The second-order valence-corrected chi connectivity index (χ2v) is 7.20. The molecule has 2 aliphatic heterocycles. The number of fused-ring (bicyclic) bond motifs is 1. The van der Waals surface area contributed by atoms with Gasteiger partial charge in [0.15, 0.2) is 0 Å². The van der Waals surface area contributed by atoms with Crippen LogP contribution in [0.1, 0.15) is 35.7 Å². The summed E-state index contributed by atoms with van der Waals surface area (Å²) in [6.07, 6.45) is 1.34. The number of benzene rings is 2. The molecular weight excluding hydrogens is 358 g/mol. The molecule has 0 saturated carbocycles. The van der Waals surface area contributed by atoms with Crippen LogP contribution in [0.3, 0.4) is 0 Å². The van der Waals surface area contributed by atoms with Gasteiger partial charge in [-0.05, 0) is 35.4 Å². The summed E-state index contributed by atoms with van der Waals surface area (Å²) in [5.74, 6) is -0.0610. The molecule has 0 radical (unpaired) electrons. The Kier molecular flexibility index (Phi) is 4.81. The Morgan fingerprint density at radius 3 is 2.36 bits per heavy atom. The van der Waals surface area contributed by atoms with Gasteiger partial charge < -0.3 is 19.1 Å². The van der Waals surface area contributed by atoms with Gasteiger partial charge in [-0.1, -0.05) is 18.2 Å². The van der Waals surface area contributed by atoms with E-state index in [1.165, 1.54) is 7.11 Å². The molecule has 2 aromatic carbocycles. The Bertz CT molecular complexity index is 898. The minimum absolute atomic E-state index is 0.0916. The molecule has 0 unspecified atom stereocenters. The summed E-state index contributed by atoms with van der Waals surface area (Å²) < 4.78 is 17.1. The van der Waals surface area contributed by atoms with Crippen LogP contribution in [-0.4, -0.2) is 42.8 Å². The fourth-order valence-corrected chi connectivity index (χ4v) is 3.74. The van der Waals surface area contributed by atoms with Crippen LogP contribution in [0.2, 0.25) is 0 Å². The standard InChI is InChI=1S/C22H23NO5/c1-15(24)23-11-9-22(10-12-23)27-14-19-13-18(7-8-20(19)28-22)16-3-5-17(6-4-16)21(25)26-2/h3-8,13H,9-12,14H2,1-2H3. The predicted octanol–water partition coefficient (Wildman–Crippen LogP) is 3.39. The van der Waals surface area contributed by atoms with Crippen LogP contribution >= 0.6 is 0 Å². The monoisotopic (exact) mass is 381 g/mol. The summed E-state index contributed by atoms with van der Waals surface area (Å²) in [6, 6.07) is 13.3. The average molecular weight is 381 g/mol. The van der Waals surface area contributed by atoms with E-state index in [2.05, 4.69) is 6.07 Å². The van der Waals surface area contributed by atoms with Gasteiger partial charge in [0.2, 0.25) is 11.7 Å². The number of amides is 1. The lowest BCUT2D eigenvalue weighted by atomic mass is 9.98. The van der Waals surface area contributed by atoms with Gasteiger partial charge in [0.05, 0.1) is 19.3 Å². The van der Waals surface area contributed by atoms with Crippen LogP contribution in [0.5, 0.6) is 5.75 Å². The zero-order valence-electron chi connectivity index (χ0n) is 16.1. The van der Waals surface area contributed by atoms with E-state index < -0.39 is 5.79 Å². The quantitative estimate of drug-likeness (QED) is 0.746. The van der Waals surface area contributed by atoms with Crippen molar-refractivity contribution in [1.29, 1.82) is 0 Å². The van der Waals surface area contributed by atoms with Crippen LogP contribution in [-0.2, 0) is 20.9 Å². The minimum Gasteiger partial charge on any atom is -0.465 e. The van der Waals surface area contributed by atoms with Crippen molar-refractivity contribution < 1.29 is 23.8 Å². The number of methoxy groups -OCH3 is 1. The molecule has 6 heteroatoms. The molecule has 0 bridgehead atoms. The molecular formula is C22H23NO5. The summed E-state index contributed by atoms with van der Waals surface area (Å²) in [5, 5.41) is 0. The molecule has 1 amide bonds. The number of nitrogens with zero attached hydrogens (tertiary/aromatic N) is 1. The zero-order chi connectivity index (χ0) is 19.7. The molecule has 2 aromatic rings. The van der Waals surface area contributed by atoms with Crippen LogP contribution in [0.15, 0.2) is 42.5 Å². The van der Waals surface area contributed by atoms with Crippen molar-refractivity contribution >= 4 is 11.9 Å². The summed E-state index contributed by atoms with van der Waals surface area (Å²) in [5.41, 5.74) is 3.55. The third kappa shape index (κ3) is 3.47. The summed E-state index contributed by atoms with van der Waals surface area (Å²) in [6.45, 7) is 3.36. The maximum Gasteiger partial charge on any atom is 0.337 e. The fraction of sp³-hybridized carbons (Fsp3) is 0.364. The number of hydrogen-bond acceptors (Lipinski definition) is 5. The van der Waals surface area contributed by atoms with Gasteiger partial charge in [-0.3, -0.25) is 4.79 Å². The van der Waals surface area contributed by atoms with E-state index in [1.807, 2.05) is 29.2 Å². The largest absolute Gasteiger partial charge is 0.465 e. The topological polar surface area (TPSA) is 65.1 Å². The molecule has 1 spiro atoms. The summed E-state index contributed by atoms with van der Waals surface area (Å²) in [4.78, 5) is 24.9. The van der Waals surface area contributed by atoms with E-state index in [0.717, 1.165) is 22.4 Å². The molecule has 0 atom stereocenters. The molecule has 0 aromatic heterocycles. The molecule has 28 heavy (non-hydrogen) atoms. The molecule has 1 saturated heterocycles. The van der Waals surface area contributed by atoms with E-state index in [-0.39, 0.29) is 11.9 Å². The maximum atomic E-state index is 11.6. The van der Waals surface area contributed by atoms with E-state index in [4.69, 9.17) is 14.2 Å². The minimum atomic E-state index is -0.636. The zero-order valence-corrected chi connectivity index (χ0v) is 16.1. The van der Waals surface area contributed by atoms with Crippen molar-refractivity contribution in [2.75, 3.05) is 20.2 Å².